The molecule has 2 aromatic rings. The van der Waals surface area contributed by atoms with Crippen molar-refractivity contribution in [3.63, 3.8) is 0 Å². The molecule has 0 radical (unpaired) electrons. The summed E-state index contributed by atoms with van der Waals surface area (Å²) in [4.78, 5) is 16.0. The van der Waals surface area contributed by atoms with Gasteiger partial charge in [-0.1, -0.05) is 0 Å². The van der Waals surface area contributed by atoms with Crippen LogP contribution in [-0.2, 0) is 17.5 Å². The van der Waals surface area contributed by atoms with Crippen LogP contribution in [0.2, 0.25) is 0 Å². The molecule has 2 rings (SSSR count). The largest absolute Gasteiger partial charge is 0.479 e. The molecule has 1 aromatic carbocycles. The molecule has 0 aliphatic carbocycles. The Morgan fingerprint density at radius 1 is 1.31 bits per heavy atom. The lowest BCUT2D eigenvalue weighted by molar-refractivity contribution is -0.137. The molecular formula is C16H18Cl2F3N3O2. The van der Waals surface area contributed by atoms with Crippen LogP contribution in [0.25, 0.3) is 0 Å². The number of ether oxygens (including phenoxy) is 1. The van der Waals surface area contributed by atoms with Gasteiger partial charge in [0.2, 0.25) is 0 Å². The minimum atomic E-state index is -4.53. The molecule has 5 nitrogen and oxygen atoms in total. The van der Waals surface area contributed by atoms with E-state index in [2.05, 4.69) is 10.3 Å². The Kier molecular flexibility index (Phi) is 9.40. The van der Waals surface area contributed by atoms with E-state index in [4.69, 9.17) is 10.5 Å². The summed E-state index contributed by atoms with van der Waals surface area (Å²) in [6, 6.07) is 6.46. The predicted octanol–water partition coefficient (Wildman–Crippen LogP) is 3.81. The van der Waals surface area contributed by atoms with E-state index < -0.39 is 23.8 Å². The van der Waals surface area contributed by atoms with E-state index in [1.165, 1.54) is 19.2 Å². The average molecular weight is 412 g/mol. The van der Waals surface area contributed by atoms with Gasteiger partial charge in [0.05, 0.1) is 11.8 Å². The number of nitrogens with two attached hydrogens (primary N) is 1. The Balaban J connectivity index is 0.00000312. The Bertz CT molecular complexity index is 716. The number of rotatable bonds is 5. The zero-order chi connectivity index (χ0) is 17.7. The number of hydrogen-bond donors (Lipinski definition) is 2. The maximum atomic E-state index is 12.9. The first kappa shape index (κ1) is 24.0. The summed E-state index contributed by atoms with van der Waals surface area (Å²) in [5.41, 5.74) is 4.81. The third-order valence-corrected chi connectivity index (χ3v) is 3.14. The third kappa shape index (κ3) is 6.70. The highest BCUT2D eigenvalue weighted by Crippen LogP contribution is 2.32. The van der Waals surface area contributed by atoms with Gasteiger partial charge < -0.3 is 15.8 Å². The highest BCUT2D eigenvalue weighted by molar-refractivity contribution is 5.94. The number of pyridine rings is 1. The molecule has 10 heteroatoms. The number of nitrogens with one attached hydrogen (secondary N) is 1. The second kappa shape index (κ2) is 10.2. The number of anilines is 1. The monoisotopic (exact) mass is 411 g/mol. The molecule has 1 unspecified atom stereocenters. The van der Waals surface area contributed by atoms with Gasteiger partial charge in [-0.15, -0.1) is 24.8 Å². The van der Waals surface area contributed by atoms with Crippen molar-refractivity contribution >= 4 is 36.4 Å². The Labute approximate surface area is 161 Å². The molecule has 0 saturated carbocycles. The van der Waals surface area contributed by atoms with Crippen LogP contribution in [0, 0.1) is 0 Å². The summed E-state index contributed by atoms with van der Waals surface area (Å²) in [7, 11) is 0. The maximum Gasteiger partial charge on any atom is 0.416 e. The first-order chi connectivity index (χ1) is 11.3. The van der Waals surface area contributed by atoms with Crippen LogP contribution in [0.15, 0.2) is 42.7 Å². The van der Waals surface area contributed by atoms with Gasteiger partial charge in [-0.2, -0.15) is 13.2 Å². The standard InChI is InChI=1S/C16H16F3N3O2.2ClH/c1-10(24-14-3-2-4-21-9-14)15(23)22-13-6-11(8-20)5-12(7-13)16(17,18)19;;/h2-7,9-10H,8,20H2,1H3,(H,22,23);2*1H. The fourth-order valence-corrected chi connectivity index (χ4v) is 1.96. The Morgan fingerprint density at radius 3 is 2.54 bits per heavy atom. The van der Waals surface area contributed by atoms with E-state index in [1.54, 1.807) is 18.3 Å². The van der Waals surface area contributed by atoms with Crippen LogP contribution >= 0.6 is 24.8 Å². The minimum absolute atomic E-state index is 0. The van der Waals surface area contributed by atoms with Crippen LogP contribution in [0.5, 0.6) is 5.75 Å². The number of carbonyl (C=O) groups is 1. The lowest BCUT2D eigenvalue weighted by atomic mass is 10.1. The minimum Gasteiger partial charge on any atom is -0.479 e. The van der Waals surface area contributed by atoms with Gasteiger partial charge in [-0.3, -0.25) is 9.78 Å². The number of aromatic nitrogens is 1. The van der Waals surface area contributed by atoms with E-state index >= 15 is 0 Å². The Hall–Kier alpha value is -2.03. The van der Waals surface area contributed by atoms with Gasteiger partial charge in [0.15, 0.2) is 6.10 Å². The van der Waals surface area contributed by atoms with Crippen LogP contribution in [-0.4, -0.2) is 17.0 Å². The number of amides is 1. The van der Waals surface area contributed by atoms with Gasteiger partial charge in [-0.05, 0) is 42.8 Å². The molecule has 0 aliphatic heterocycles. The molecule has 1 atom stereocenters. The second-order valence-corrected chi connectivity index (χ2v) is 5.06. The van der Waals surface area contributed by atoms with Crippen LogP contribution in [0.3, 0.4) is 0 Å². The summed E-state index contributed by atoms with van der Waals surface area (Å²) < 4.78 is 44.0. The normalized spacial score (nSPS) is 11.6. The first-order valence-corrected chi connectivity index (χ1v) is 7.08. The van der Waals surface area contributed by atoms with E-state index in [0.29, 0.717) is 5.75 Å². The molecular weight excluding hydrogens is 394 g/mol. The molecule has 0 bridgehead atoms. The Morgan fingerprint density at radius 2 is 2.00 bits per heavy atom. The van der Waals surface area contributed by atoms with Gasteiger partial charge >= 0.3 is 6.18 Å². The molecule has 0 saturated heterocycles. The topological polar surface area (TPSA) is 77.2 Å². The molecule has 0 aliphatic rings. The van der Waals surface area contributed by atoms with E-state index in [0.717, 1.165) is 12.1 Å². The molecule has 26 heavy (non-hydrogen) atoms. The van der Waals surface area contributed by atoms with Gasteiger partial charge in [0.25, 0.3) is 5.91 Å². The summed E-state index contributed by atoms with van der Waals surface area (Å²) in [6.07, 6.45) is -2.46. The lowest BCUT2D eigenvalue weighted by Gasteiger charge is -2.16. The lowest BCUT2D eigenvalue weighted by Crippen LogP contribution is -2.30. The van der Waals surface area contributed by atoms with Crippen molar-refractivity contribution in [1.82, 2.24) is 4.98 Å². The fourth-order valence-electron chi connectivity index (χ4n) is 1.96. The van der Waals surface area contributed by atoms with Crippen molar-refractivity contribution in [2.45, 2.75) is 25.7 Å². The zero-order valence-electron chi connectivity index (χ0n) is 13.6. The maximum absolute atomic E-state index is 12.9. The van der Waals surface area contributed by atoms with Crippen LogP contribution in [0.4, 0.5) is 18.9 Å². The average Bonchev–Trinajstić information content (AvgIpc) is 2.54. The first-order valence-electron chi connectivity index (χ1n) is 7.08. The number of benzene rings is 1. The summed E-state index contributed by atoms with van der Waals surface area (Å²) in [6.45, 7) is 1.41. The predicted molar refractivity (Wildman–Crippen MR) is 96.8 cm³/mol. The van der Waals surface area contributed by atoms with E-state index in [1.807, 2.05) is 0 Å². The summed E-state index contributed by atoms with van der Waals surface area (Å²) in [5, 5.41) is 2.41. The van der Waals surface area contributed by atoms with E-state index in [-0.39, 0.29) is 42.6 Å². The van der Waals surface area contributed by atoms with E-state index in [9.17, 15) is 18.0 Å². The van der Waals surface area contributed by atoms with Crippen molar-refractivity contribution in [3.8, 4) is 5.75 Å². The van der Waals surface area contributed by atoms with Crippen molar-refractivity contribution < 1.29 is 22.7 Å². The molecule has 1 aromatic heterocycles. The van der Waals surface area contributed by atoms with Crippen molar-refractivity contribution in [3.05, 3.63) is 53.9 Å². The summed E-state index contributed by atoms with van der Waals surface area (Å²) >= 11 is 0. The number of halogens is 5. The molecule has 1 amide bonds. The number of alkyl halides is 3. The number of nitrogens with zero attached hydrogens (tertiary/aromatic N) is 1. The highest BCUT2D eigenvalue weighted by Gasteiger charge is 2.31. The quantitative estimate of drug-likeness (QED) is 0.783. The van der Waals surface area contributed by atoms with Crippen molar-refractivity contribution in [1.29, 1.82) is 0 Å². The molecule has 1 heterocycles. The van der Waals surface area contributed by atoms with Gasteiger partial charge in [0.1, 0.15) is 5.75 Å². The summed E-state index contributed by atoms with van der Waals surface area (Å²) in [5.74, 6) is -0.201. The molecule has 144 valence electrons. The molecule has 3 N–H and O–H groups in total. The van der Waals surface area contributed by atoms with Crippen molar-refractivity contribution in [2.24, 2.45) is 5.73 Å². The van der Waals surface area contributed by atoms with Crippen molar-refractivity contribution in [2.75, 3.05) is 5.32 Å². The zero-order valence-corrected chi connectivity index (χ0v) is 15.3. The van der Waals surface area contributed by atoms with Gasteiger partial charge in [-0.25, -0.2) is 0 Å². The smallest absolute Gasteiger partial charge is 0.416 e. The molecule has 0 spiro atoms. The highest BCUT2D eigenvalue weighted by atomic mass is 35.5. The fraction of sp³-hybridized carbons (Fsp3) is 0.250. The molecule has 0 fully saturated rings. The van der Waals surface area contributed by atoms with Gasteiger partial charge in [0, 0.05) is 18.4 Å². The number of hydrogen-bond acceptors (Lipinski definition) is 4. The third-order valence-electron chi connectivity index (χ3n) is 3.14. The van der Waals surface area contributed by atoms with Crippen LogP contribution in [0.1, 0.15) is 18.1 Å². The second-order valence-electron chi connectivity index (χ2n) is 5.06. The number of carbonyl (C=O) groups excluding carboxylic acids is 1. The van der Waals surface area contributed by atoms with Crippen LogP contribution < -0.4 is 15.8 Å². The SMILES string of the molecule is CC(Oc1cccnc1)C(=O)Nc1cc(CN)cc(C(F)(F)F)c1.Cl.Cl.